The number of methoxy groups -OCH3 is 1. The van der Waals surface area contributed by atoms with Gasteiger partial charge in [0.15, 0.2) is 0 Å². The average molecular weight is 482 g/mol. The van der Waals surface area contributed by atoms with E-state index in [1.54, 1.807) is 55.6 Å². The second-order valence-electron chi connectivity index (χ2n) is 7.46. The lowest BCUT2D eigenvalue weighted by Gasteiger charge is -2.12. The summed E-state index contributed by atoms with van der Waals surface area (Å²) >= 11 is 0. The van der Waals surface area contributed by atoms with Crippen molar-refractivity contribution in [1.29, 1.82) is 0 Å². The maximum absolute atomic E-state index is 12.9. The highest BCUT2D eigenvalue weighted by molar-refractivity contribution is 7.89. The molecule has 3 rings (SSSR count). The SMILES string of the molecule is CCCCNS(=O)(=O)c1cccc(C(=O)Nc2ccccc2C(=O)Nc2ccc(OC)cc2)c1. The number of anilines is 2. The lowest BCUT2D eigenvalue weighted by atomic mass is 10.1. The fourth-order valence-electron chi connectivity index (χ4n) is 3.13. The molecule has 0 aliphatic rings. The van der Waals surface area contributed by atoms with Crippen molar-refractivity contribution in [2.24, 2.45) is 0 Å². The number of amides is 2. The number of para-hydroxylation sites is 1. The lowest BCUT2D eigenvalue weighted by Crippen LogP contribution is -2.25. The first-order chi connectivity index (χ1) is 16.3. The Hall–Kier alpha value is -3.69. The number of carbonyl (C=O) groups excluding carboxylic acids is 2. The van der Waals surface area contributed by atoms with Crippen molar-refractivity contribution in [3.8, 4) is 5.75 Å². The van der Waals surface area contributed by atoms with E-state index in [1.165, 1.54) is 24.3 Å². The summed E-state index contributed by atoms with van der Waals surface area (Å²) in [5, 5.41) is 5.49. The summed E-state index contributed by atoms with van der Waals surface area (Å²) in [6.45, 7) is 2.29. The monoisotopic (exact) mass is 481 g/mol. The molecule has 0 heterocycles. The second kappa shape index (κ2) is 11.4. The molecule has 0 aromatic heterocycles. The Balaban J connectivity index is 1.76. The Kier molecular flexibility index (Phi) is 8.39. The first kappa shape index (κ1) is 24.9. The maximum atomic E-state index is 12.9. The van der Waals surface area contributed by atoms with Gasteiger partial charge in [0.1, 0.15) is 5.75 Å². The van der Waals surface area contributed by atoms with E-state index in [2.05, 4.69) is 15.4 Å². The van der Waals surface area contributed by atoms with Crippen molar-refractivity contribution in [2.75, 3.05) is 24.3 Å². The molecule has 0 bridgehead atoms. The summed E-state index contributed by atoms with van der Waals surface area (Å²) in [5.41, 5.74) is 1.29. The Morgan fingerprint density at radius 2 is 1.62 bits per heavy atom. The number of hydrogen-bond donors (Lipinski definition) is 3. The van der Waals surface area contributed by atoms with Crippen molar-refractivity contribution in [1.82, 2.24) is 4.72 Å². The molecular formula is C25H27N3O5S. The molecule has 2 amide bonds. The van der Waals surface area contributed by atoms with Crippen molar-refractivity contribution in [3.63, 3.8) is 0 Å². The maximum Gasteiger partial charge on any atom is 0.257 e. The highest BCUT2D eigenvalue weighted by atomic mass is 32.2. The number of rotatable bonds is 10. The third kappa shape index (κ3) is 6.43. The van der Waals surface area contributed by atoms with Crippen molar-refractivity contribution in [3.05, 3.63) is 83.9 Å². The molecular weight excluding hydrogens is 454 g/mol. The number of sulfonamides is 1. The van der Waals surface area contributed by atoms with Crippen LogP contribution in [-0.2, 0) is 10.0 Å². The van der Waals surface area contributed by atoms with E-state index in [4.69, 9.17) is 4.74 Å². The van der Waals surface area contributed by atoms with Gasteiger partial charge in [0.25, 0.3) is 11.8 Å². The zero-order valence-corrected chi connectivity index (χ0v) is 19.8. The van der Waals surface area contributed by atoms with Gasteiger partial charge in [0.05, 0.1) is 23.3 Å². The summed E-state index contributed by atoms with van der Waals surface area (Å²) in [6, 6.07) is 19.2. The molecule has 0 saturated carbocycles. The van der Waals surface area contributed by atoms with Gasteiger partial charge in [-0.1, -0.05) is 31.5 Å². The molecule has 3 N–H and O–H groups in total. The van der Waals surface area contributed by atoms with E-state index in [0.29, 0.717) is 23.7 Å². The van der Waals surface area contributed by atoms with Crippen molar-refractivity contribution in [2.45, 2.75) is 24.7 Å². The molecule has 0 unspecified atom stereocenters. The Bertz CT molecular complexity index is 1260. The van der Waals surface area contributed by atoms with Gasteiger partial charge in [0.2, 0.25) is 10.0 Å². The quantitative estimate of drug-likeness (QED) is 0.374. The van der Waals surface area contributed by atoms with Crippen LogP contribution in [0.25, 0.3) is 0 Å². The largest absolute Gasteiger partial charge is 0.497 e. The minimum Gasteiger partial charge on any atom is -0.497 e. The highest BCUT2D eigenvalue weighted by Gasteiger charge is 2.18. The minimum atomic E-state index is -3.73. The number of nitrogens with one attached hydrogen (secondary N) is 3. The van der Waals surface area contributed by atoms with Gasteiger partial charge in [-0.15, -0.1) is 0 Å². The van der Waals surface area contributed by atoms with Gasteiger partial charge in [-0.3, -0.25) is 9.59 Å². The molecule has 9 heteroatoms. The molecule has 0 saturated heterocycles. The number of hydrogen-bond acceptors (Lipinski definition) is 5. The van der Waals surface area contributed by atoms with E-state index in [0.717, 1.165) is 12.8 Å². The number of ether oxygens (including phenoxy) is 1. The summed E-state index contributed by atoms with van der Waals surface area (Å²) in [7, 11) is -2.17. The van der Waals surface area contributed by atoms with Crippen LogP contribution in [0, 0.1) is 0 Å². The Morgan fingerprint density at radius 3 is 2.32 bits per heavy atom. The molecule has 0 aliphatic heterocycles. The Labute approximate surface area is 199 Å². The minimum absolute atomic E-state index is 0.00165. The number of benzene rings is 3. The summed E-state index contributed by atoms with van der Waals surface area (Å²) < 4.78 is 32.6. The third-order valence-electron chi connectivity index (χ3n) is 5.00. The molecule has 0 fully saturated rings. The van der Waals surface area contributed by atoms with Crippen LogP contribution in [0.2, 0.25) is 0 Å². The normalized spacial score (nSPS) is 11.0. The third-order valence-corrected chi connectivity index (χ3v) is 6.46. The van der Waals surface area contributed by atoms with Gasteiger partial charge in [-0.05, 0) is 61.0 Å². The lowest BCUT2D eigenvalue weighted by molar-refractivity contribution is 0.102. The molecule has 178 valence electrons. The first-order valence-electron chi connectivity index (χ1n) is 10.8. The summed E-state index contributed by atoms with van der Waals surface area (Å²) in [4.78, 5) is 25.7. The molecule has 0 spiro atoms. The van der Waals surface area contributed by atoms with Crippen LogP contribution < -0.4 is 20.1 Å². The summed E-state index contributed by atoms with van der Waals surface area (Å²) in [5.74, 6) is -0.275. The Morgan fingerprint density at radius 1 is 0.882 bits per heavy atom. The van der Waals surface area contributed by atoms with Gasteiger partial charge < -0.3 is 15.4 Å². The predicted molar refractivity (Wildman–Crippen MR) is 132 cm³/mol. The first-order valence-corrected chi connectivity index (χ1v) is 12.3. The van der Waals surface area contributed by atoms with Crippen LogP contribution in [0.1, 0.15) is 40.5 Å². The van der Waals surface area contributed by atoms with Crippen LogP contribution in [0.4, 0.5) is 11.4 Å². The molecule has 0 radical (unpaired) electrons. The van der Waals surface area contributed by atoms with E-state index in [-0.39, 0.29) is 16.0 Å². The molecule has 34 heavy (non-hydrogen) atoms. The van der Waals surface area contributed by atoms with Gasteiger partial charge >= 0.3 is 0 Å². The molecule has 8 nitrogen and oxygen atoms in total. The molecule has 0 aliphatic carbocycles. The number of carbonyl (C=O) groups is 2. The van der Waals surface area contributed by atoms with Gasteiger partial charge in [-0.25, -0.2) is 13.1 Å². The number of unbranched alkanes of at least 4 members (excludes halogenated alkanes) is 1. The molecule has 3 aromatic carbocycles. The molecule has 3 aromatic rings. The van der Waals surface area contributed by atoms with Crippen LogP contribution in [0.15, 0.2) is 77.7 Å². The van der Waals surface area contributed by atoms with E-state index in [1.807, 2.05) is 6.92 Å². The van der Waals surface area contributed by atoms with Crippen LogP contribution in [0.3, 0.4) is 0 Å². The smallest absolute Gasteiger partial charge is 0.257 e. The second-order valence-corrected chi connectivity index (χ2v) is 9.23. The van der Waals surface area contributed by atoms with E-state index >= 15 is 0 Å². The van der Waals surface area contributed by atoms with E-state index < -0.39 is 21.8 Å². The van der Waals surface area contributed by atoms with E-state index in [9.17, 15) is 18.0 Å². The fourth-order valence-corrected chi connectivity index (χ4v) is 4.25. The van der Waals surface area contributed by atoms with Crippen LogP contribution in [-0.4, -0.2) is 33.9 Å². The van der Waals surface area contributed by atoms with Crippen LogP contribution >= 0.6 is 0 Å². The molecule has 0 atom stereocenters. The van der Waals surface area contributed by atoms with Crippen molar-refractivity contribution >= 4 is 33.2 Å². The van der Waals surface area contributed by atoms with Crippen LogP contribution in [0.5, 0.6) is 5.75 Å². The zero-order chi connectivity index (χ0) is 24.6. The topological polar surface area (TPSA) is 114 Å². The standard InChI is InChI=1S/C25H27N3O5S/c1-3-4-16-26-34(31,32)21-9-7-8-18(17-21)24(29)28-23-11-6-5-10-22(23)25(30)27-19-12-14-20(33-2)15-13-19/h5-15,17,26H,3-4,16H2,1-2H3,(H,27,30)(H,28,29). The van der Waals surface area contributed by atoms with Crippen molar-refractivity contribution < 1.29 is 22.7 Å². The predicted octanol–water partition coefficient (Wildman–Crippen LogP) is 4.28. The van der Waals surface area contributed by atoms with Gasteiger partial charge in [0, 0.05) is 17.8 Å². The summed E-state index contributed by atoms with van der Waals surface area (Å²) in [6.07, 6.45) is 1.57. The zero-order valence-electron chi connectivity index (χ0n) is 19.0. The van der Waals surface area contributed by atoms with Gasteiger partial charge in [-0.2, -0.15) is 0 Å². The fraction of sp³-hybridized carbons (Fsp3) is 0.200. The highest BCUT2D eigenvalue weighted by Crippen LogP contribution is 2.21. The average Bonchev–Trinajstić information content (AvgIpc) is 2.85.